The van der Waals surface area contributed by atoms with Crippen molar-refractivity contribution in [3.05, 3.63) is 161 Å². The molecule has 4 aromatic carbocycles. The zero-order valence-electron chi connectivity index (χ0n) is 25.0. The van der Waals surface area contributed by atoms with Crippen LogP contribution >= 0.6 is 6.83 Å². The van der Waals surface area contributed by atoms with Gasteiger partial charge in [0.15, 0.2) is 0 Å². The second-order valence-electron chi connectivity index (χ2n) is 13.1. The molecule has 0 saturated heterocycles. The number of hydrogen-bond donors (Lipinski definition) is 1. The van der Waals surface area contributed by atoms with Crippen LogP contribution in [0.3, 0.4) is 0 Å². The molecule has 0 radical (unpaired) electrons. The number of rotatable bonds is 3. The quantitative estimate of drug-likeness (QED) is 0.245. The van der Waals surface area contributed by atoms with Crippen molar-refractivity contribution >= 4 is 23.0 Å². The maximum absolute atomic E-state index is 13.3. The van der Waals surface area contributed by atoms with Crippen LogP contribution < -0.4 is 15.3 Å². The number of fused-ring (bicyclic) bond motifs is 8. The Bertz CT molecular complexity index is 1930. The predicted molar refractivity (Wildman–Crippen MR) is 181 cm³/mol. The third kappa shape index (κ3) is 3.54. The van der Waals surface area contributed by atoms with Crippen molar-refractivity contribution in [1.82, 2.24) is 0 Å². The van der Waals surface area contributed by atoms with E-state index in [1.54, 1.807) is 0 Å². The van der Waals surface area contributed by atoms with Crippen molar-refractivity contribution < 1.29 is 9.63 Å². The fourth-order valence-electron chi connectivity index (χ4n) is 8.14. The van der Waals surface area contributed by atoms with Gasteiger partial charge in [-0.3, -0.25) is 0 Å². The third-order valence-corrected chi connectivity index (χ3v) is 15.2. The van der Waals surface area contributed by atoms with Gasteiger partial charge in [0.25, 0.3) is 0 Å². The first-order valence-electron chi connectivity index (χ1n) is 15.5. The second kappa shape index (κ2) is 9.26. The predicted octanol–water partition coefficient (Wildman–Crippen LogP) is 9.01. The molecule has 4 aromatic rings. The normalized spacial score (nSPS) is 24.3. The molecule has 3 heteroatoms. The van der Waals surface area contributed by atoms with E-state index in [-0.39, 0.29) is 0 Å². The van der Waals surface area contributed by atoms with Gasteiger partial charge in [-0.05, 0) is 0 Å². The molecule has 0 fully saturated rings. The fraction of sp³-hybridized carbons (Fsp3) is 0.200. The molecule has 1 spiro atoms. The van der Waals surface area contributed by atoms with Gasteiger partial charge in [-0.1, -0.05) is 0 Å². The van der Waals surface area contributed by atoms with Gasteiger partial charge in [-0.15, -0.1) is 0 Å². The van der Waals surface area contributed by atoms with Gasteiger partial charge in [0.1, 0.15) is 0 Å². The first kappa shape index (κ1) is 26.6. The molecule has 2 nitrogen and oxygen atoms in total. The summed E-state index contributed by atoms with van der Waals surface area (Å²) in [5, 5.41) is 3.03. The van der Waals surface area contributed by atoms with Crippen LogP contribution in [0.5, 0.6) is 11.5 Å². The van der Waals surface area contributed by atoms with Crippen LogP contribution in [0, 0.1) is 11.8 Å². The molecular weight excluding hydrogens is 543 g/mol. The van der Waals surface area contributed by atoms with Crippen molar-refractivity contribution in [1.29, 1.82) is 0 Å². The van der Waals surface area contributed by atoms with Crippen LogP contribution in [0.25, 0.3) is 5.57 Å². The summed E-state index contributed by atoms with van der Waals surface area (Å²) in [6.45, 7) is 2.86. The summed E-state index contributed by atoms with van der Waals surface area (Å²) < 4.78 is 6.83. The topological polar surface area (TPSA) is 29.5 Å². The molecule has 0 aromatic heterocycles. The molecule has 4 aliphatic rings. The summed E-state index contributed by atoms with van der Waals surface area (Å²) in [5.74, 6) is 2.56. The number of hydrogen-bond acceptors (Lipinski definition) is 2. The van der Waals surface area contributed by atoms with E-state index >= 15 is 0 Å². The van der Waals surface area contributed by atoms with Crippen LogP contribution in [0.1, 0.15) is 48.9 Å². The Morgan fingerprint density at radius 1 is 0.721 bits per heavy atom. The Hall–Kier alpha value is -3.97. The Balaban J connectivity index is 1.42. The van der Waals surface area contributed by atoms with Gasteiger partial charge in [-0.25, -0.2) is 0 Å². The first-order valence-corrected chi connectivity index (χ1v) is 18.1. The van der Waals surface area contributed by atoms with E-state index in [0.29, 0.717) is 11.8 Å². The van der Waals surface area contributed by atoms with E-state index in [0.717, 1.165) is 45.8 Å². The van der Waals surface area contributed by atoms with Crippen molar-refractivity contribution in [2.45, 2.75) is 32.1 Å². The molecular formula is C40H37O2P. The summed E-state index contributed by atoms with van der Waals surface area (Å²) in [7, 11) is 0. The monoisotopic (exact) mass is 580 g/mol. The molecule has 214 valence electrons. The van der Waals surface area contributed by atoms with Crippen LogP contribution in [0.15, 0.2) is 138 Å². The van der Waals surface area contributed by atoms with E-state index in [9.17, 15) is 4.89 Å². The van der Waals surface area contributed by atoms with Gasteiger partial charge < -0.3 is 0 Å². The Morgan fingerprint density at radius 2 is 1.42 bits per heavy atom. The molecule has 3 aliphatic carbocycles. The minimum atomic E-state index is -3.77. The summed E-state index contributed by atoms with van der Waals surface area (Å²) in [6.07, 6.45) is 13.1. The van der Waals surface area contributed by atoms with Crippen LogP contribution in [-0.2, 0) is 5.41 Å². The molecule has 1 N–H and O–H groups in total. The zero-order valence-corrected chi connectivity index (χ0v) is 25.9. The first-order chi connectivity index (χ1) is 20.8. The molecule has 43 heavy (non-hydrogen) atoms. The van der Waals surface area contributed by atoms with Crippen molar-refractivity contribution in [2.24, 2.45) is 11.8 Å². The number of allylic oxidation sites excluding steroid dienone is 8. The average molecular weight is 581 g/mol. The van der Waals surface area contributed by atoms with Crippen molar-refractivity contribution in [3.8, 4) is 11.5 Å². The van der Waals surface area contributed by atoms with Crippen LogP contribution in [-0.4, -0.2) is 11.6 Å². The zero-order chi connectivity index (χ0) is 29.4. The summed E-state index contributed by atoms with van der Waals surface area (Å²) in [6, 6.07) is 34.4. The van der Waals surface area contributed by atoms with Gasteiger partial charge in [0.2, 0.25) is 0 Å². The van der Waals surface area contributed by atoms with Crippen LogP contribution in [0.2, 0.25) is 0 Å². The molecule has 3 unspecified atom stereocenters. The summed E-state index contributed by atoms with van der Waals surface area (Å²) >= 11 is 0. The standard InChI is InChI=1S/C40H37O2P/c1-27-12-11-15-30(24-27)43(3,41,29-13-5-4-6-14-29)31-21-23-37-39(26-31)42-38-19-10-9-18-36(38)40(37)34-17-8-7-16-32(34)33-25-28(2)20-22-35(33)40/h4-23,26-28,41H,24-25H2,1-3H3. The number of ether oxygens (including phenoxy) is 1. The minimum absolute atomic E-state index is 0.363. The molecule has 8 rings (SSSR count). The number of benzene rings is 4. The van der Waals surface area contributed by atoms with Gasteiger partial charge in [0, 0.05) is 0 Å². The fourth-order valence-corrected chi connectivity index (χ4v) is 12.1. The summed E-state index contributed by atoms with van der Waals surface area (Å²) in [4.78, 5) is 13.3. The third-order valence-electron chi connectivity index (χ3n) is 10.4. The Morgan fingerprint density at radius 3 is 2.23 bits per heavy atom. The molecule has 0 saturated carbocycles. The Kier molecular flexibility index (Phi) is 5.74. The van der Waals surface area contributed by atoms with Gasteiger partial charge >= 0.3 is 255 Å². The second-order valence-corrected chi connectivity index (χ2v) is 17.7. The number of para-hydroxylation sites is 1. The molecule has 1 heterocycles. The molecule has 0 bridgehead atoms. The van der Waals surface area contributed by atoms with E-state index in [1.165, 1.54) is 27.8 Å². The van der Waals surface area contributed by atoms with E-state index in [1.807, 2.05) is 18.2 Å². The van der Waals surface area contributed by atoms with Crippen LogP contribution in [0.4, 0.5) is 0 Å². The molecule has 3 atom stereocenters. The van der Waals surface area contributed by atoms with E-state index < -0.39 is 12.2 Å². The summed E-state index contributed by atoms with van der Waals surface area (Å²) in [5.41, 5.74) is 7.30. The SMILES string of the molecule is CC1C=CC=C(P(C)(O)(c2ccccc2)c2ccc3c(c2)Oc2ccccc2C32C3=C(CC(C)C=C3)c3ccccc32)C1. The van der Waals surface area contributed by atoms with Gasteiger partial charge in [0.05, 0.1) is 0 Å². The Labute approximate surface area is 254 Å². The van der Waals surface area contributed by atoms with Crippen molar-refractivity contribution in [3.63, 3.8) is 0 Å². The molecule has 1 aliphatic heterocycles. The van der Waals surface area contributed by atoms with E-state index in [2.05, 4.69) is 130 Å². The van der Waals surface area contributed by atoms with E-state index in [4.69, 9.17) is 4.74 Å². The van der Waals surface area contributed by atoms with Gasteiger partial charge in [-0.2, -0.15) is 0 Å². The maximum atomic E-state index is 13.3. The molecule has 0 amide bonds. The van der Waals surface area contributed by atoms with Crippen molar-refractivity contribution in [2.75, 3.05) is 6.66 Å². The average Bonchev–Trinajstić information content (AvgIpc) is 3.31.